The highest BCUT2D eigenvalue weighted by Gasteiger charge is 2.35. The molecule has 0 bridgehead atoms. The molecule has 0 aliphatic carbocycles. The van der Waals surface area contributed by atoms with Crippen molar-refractivity contribution in [3.8, 4) is 6.07 Å². The quantitative estimate of drug-likeness (QED) is 0.387. The first-order chi connectivity index (χ1) is 21.8. The first kappa shape index (κ1) is 30.7. The van der Waals surface area contributed by atoms with E-state index in [0.717, 1.165) is 39.5 Å². The van der Waals surface area contributed by atoms with Gasteiger partial charge in [0.1, 0.15) is 22.9 Å². The summed E-state index contributed by atoms with van der Waals surface area (Å²) in [5, 5.41) is 15.8. The third-order valence-electron chi connectivity index (χ3n) is 8.08. The van der Waals surface area contributed by atoms with Gasteiger partial charge < -0.3 is 25.2 Å². The Balaban J connectivity index is 1.20. The van der Waals surface area contributed by atoms with Gasteiger partial charge in [-0.25, -0.2) is 9.78 Å². The zero-order valence-electron chi connectivity index (χ0n) is 26.9. The Hall–Kier alpha value is -5.31. The number of amides is 2. The number of nitrogens with zero attached hydrogens (tertiary/aromatic N) is 7. The number of carbonyl (C=O) groups excluding carboxylic acids is 2. The molecule has 12 nitrogen and oxygen atoms in total. The van der Waals surface area contributed by atoms with Gasteiger partial charge in [-0.1, -0.05) is 6.07 Å². The van der Waals surface area contributed by atoms with Crippen LogP contribution in [0.3, 0.4) is 0 Å². The van der Waals surface area contributed by atoms with Crippen LogP contribution in [-0.2, 0) is 10.2 Å². The van der Waals surface area contributed by atoms with Gasteiger partial charge in [0.2, 0.25) is 5.95 Å². The van der Waals surface area contributed by atoms with Crippen molar-refractivity contribution in [3.05, 3.63) is 70.7 Å². The molecule has 2 amide bonds. The highest BCUT2D eigenvalue weighted by atomic mass is 16.6. The third kappa shape index (κ3) is 6.13. The van der Waals surface area contributed by atoms with Gasteiger partial charge in [-0.3, -0.25) is 14.8 Å². The second kappa shape index (κ2) is 11.6. The molecule has 0 spiro atoms. The molecule has 0 atom stereocenters. The summed E-state index contributed by atoms with van der Waals surface area (Å²) in [6.45, 7) is 13.5. The van der Waals surface area contributed by atoms with Crippen LogP contribution in [0, 0.1) is 18.3 Å². The van der Waals surface area contributed by atoms with Crippen LogP contribution in [-0.4, -0.2) is 75.5 Å². The third-order valence-corrected chi connectivity index (χ3v) is 8.08. The normalized spacial score (nSPS) is 15.9. The molecule has 1 fully saturated rings. The number of fused-ring (bicyclic) bond motifs is 3. The molecule has 46 heavy (non-hydrogen) atoms. The van der Waals surface area contributed by atoms with Gasteiger partial charge >= 0.3 is 6.09 Å². The van der Waals surface area contributed by atoms with E-state index in [0.29, 0.717) is 37.8 Å². The topological polar surface area (TPSA) is 149 Å². The molecule has 3 aliphatic heterocycles. The summed E-state index contributed by atoms with van der Waals surface area (Å²) in [6, 6.07) is 11.5. The molecule has 12 heteroatoms. The van der Waals surface area contributed by atoms with E-state index in [9.17, 15) is 14.9 Å². The van der Waals surface area contributed by atoms with E-state index in [1.54, 1.807) is 43.3 Å². The van der Waals surface area contributed by atoms with Crippen LogP contribution in [0.2, 0.25) is 0 Å². The largest absolute Gasteiger partial charge is 0.444 e. The first-order valence-electron chi connectivity index (χ1n) is 15.3. The molecule has 1 saturated heterocycles. The Bertz CT molecular complexity index is 1830. The summed E-state index contributed by atoms with van der Waals surface area (Å²) in [7, 11) is 0. The molecule has 3 aliphatic rings. The average molecular weight is 620 g/mol. The van der Waals surface area contributed by atoms with Crippen LogP contribution >= 0.6 is 0 Å². The molecule has 6 rings (SSSR count). The van der Waals surface area contributed by atoms with Gasteiger partial charge in [0, 0.05) is 48.9 Å². The molecule has 3 aromatic rings. The maximum Gasteiger partial charge on any atom is 0.410 e. The average Bonchev–Trinajstić information content (AvgIpc) is 3.49. The molecule has 2 aromatic heterocycles. The summed E-state index contributed by atoms with van der Waals surface area (Å²) < 4.78 is 5.45. The Morgan fingerprint density at radius 3 is 2.61 bits per heavy atom. The summed E-state index contributed by atoms with van der Waals surface area (Å²) in [5.41, 5.74) is 4.04. The number of pyridine rings is 1. The highest BCUT2D eigenvalue weighted by Crippen LogP contribution is 2.37. The number of amidine groups is 1. The molecule has 0 radical (unpaired) electrons. The Morgan fingerprint density at radius 1 is 1.09 bits per heavy atom. The van der Waals surface area contributed by atoms with Crippen LogP contribution in [0.4, 0.5) is 22.2 Å². The van der Waals surface area contributed by atoms with E-state index < -0.39 is 11.0 Å². The number of carbonyl (C=O) groups is 2. The molecule has 0 unspecified atom stereocenters. The van der Waals surface area contributed by atoms with E-state index in [2.05, 4.69) is 31.6 Å². The number of hydrogen-bond acceptors (Lipinski definition) is 10. The van der Waals surface area contributed by atoms with E-state index >= 15 is 0 Å². The number of nitrogens with one attached hydrogen (secondary N) is 2. The van der Waals surface area contributed by atoms with Crippen molar-refractivity contribution in [2.75, 3.05) is 41.7 Å². The summed E-state index contributed by atoms with van der Waals surface area (Å²) in [4.78, 5) is 47.7. The van der Waals surface area contributed by atoms with Crippen molar-refractivity contribution in [2.24, 2.45) is 4.99 Å². The van der Waals surface area contributed by atoms with Crippen molar-refractivity contribution in [1.82, 2.24) is 19.9 Å². The van der Waals surface area contributed by atoms with Crippen molar-refractivity contribution in [1.29, 1.82) is 5.26 Å². The zero-order chi connectivity index (χ0) is 32.8. The van der Waals surface area contributed by atoms with E-state index in [4.69, 9.17) is 14.7 Å². The maximum atomic E-state index is 13.2. The van der Waals surface area contributed by atoms with Gasteiger partial charge in [-0.05, 0) is 88.6 Å². The number of rotatable bonds is 6. The van der Waals surface area contributed by atoms with Crippen molar-refractivity contribution >= 4 is 46.9 Å². The molecule has 0 saturated carbocycles. The molecule has 5 heterocycles. The fraction of sp³-hybridized carbons (Fsp3) is 0.382. The first-order valence-corrected chi connectivity index (χ1v) is 15.3. The van der Waals surface area contributed by atoms with Gasteiger partial charge in [0.15, 0.2) is 0 Å². The summed E-state index contributed by atoms with van der Waals surface area (Å²) in [6.07, 6.45) is 5.06. The number of hydrogen-bond donors (Lipinski definition) is 2. The second-order valence-corrected chi connectivity index (χ2v) is 13.3. The standard InChI is InChI=1S/C34H37N9O3/c1-20-7-8-23(39-30(44)27-14-22(9-10-36-27)34(5,6)19-35)15-25(20)26-13-21-16-38-31(41-28(21)43-12-11-37-29(26)43)40-24-17-42(18-24)32(45)46-33(2,3)4/h7-10,13-16,24H,11-12,17-18H2,1-6H3,(H,39,44)(H,38,40,41). The van der Waals surface area contributed by atoms with E-state index in [1.807, 2.05) is 52.0 Å². The zero-order valence-corrected chi connectivity index (χ0v) is 26.9. The number of aryl methyl sites for hydroxylation is 1. The molecular weight excluding hydrogens is 582 g/mol. The van der Waals surface area contributed by atoms with Crippen molar-refractivity contribution < 1.29 is 14.3 Å². The van der Waals surface area contributed by atoms with Gasteiger partial charge in [0.05, 0.1) is 24.1 Å². The predicted molar refractivity (Wildman–Crippen MR) is 177 cm³/mol. The minimum absolute atomic E-state index is 0.0306. The number of nitriles is 1. The highest BCUT2D eigenvalue weighted by molar-refractivity contribution is 6.36. The minimum atomic E-state index is -0.743. The smallest absolute Gasteiger partial charge is 0.410 e. The van der Waals surface area contributed by atoms with Gasteiger partial charge in [0.25, 0.3) is 5.91 Å². The minimum Gasteiger partial charge on any atom is -0.444 e. The maximum absolute atomic E-state index is 13.2. The number of benzene rings is 1. The molecular formula is C34H37N9O3. The van der Waals surface area contributed by atoms with E-state index in [1.165, 1.54) is 0 Å². The van der Waals surface area contributed by atoms with Gasteiger partial charge in [-0.2, -0.15) is 10.2 Å². The fourth-order valence-corrected chi connectivity index (χ4v) is 5.49. The fourth-order valence-electron chi connectivity index (χ4n) is 5.49. The predicted octanol–water partition coefficient (Wildman–Crippen LogP) is 5.04. The number of aromatic nitrogens is 3. The Kier molecular flexibility index (Phi) is 7.72. The lowest BCUT2D eigenvalue weighted by molar-refractivity contribution is 0.0104. The lowest BCUT2D eigenvalue weighted by atomic mass is 9.86. The van der Waals surface area contributed by atoms with Crippen LogP contribution in [0.5, 0.6) is 0 Å². The van der Waals surface area contributed by atoms with Crippen molar-refractivity contribution in [2.45, 2.75) is 58.6 Å². The number of anilines is 3. The molecule has 236 valence electrons. The van der Waals surface area contributed by atoms with Crippen LogP contribution < -0.4 is 15.5 Å². The Morgan fingerprint density at radius 2 is 1.87 bits per heavy atom. The second-order valence-electron chi connectivity index (χ2n) is 13.3. The van der Waals surface area contributed by atoms with E-state index in [-0.39, 0.29) is 23.7 Å². The number of ether oxygens (including phenoxy) is 1. The lowest BCUT2D eigenvalue weighted by Crippen LogP contribution is -2.58. The molecule has 2 N–H and O–H groups in total. The number of likely N-dealkylation sites (tertiary alicyclic amines) is 1. The number of aliphatic imine (C=N–C) groups is 1. The van der Waals surface area contributed by atoms with Gasteiger partial charge in [-0.15, -0.1) is 0 Å². The lowest BCUT2D eigenvalue weighted by Gasteiger charge is -2.40. The summed E-state index contributed by atoms with van der Waals surface area (Å²) in [5.74, 6) is 1.72. The monoisotopic (exact) mass is 619 g/mol. The summed E-state index contributed by atoms with van der Waals surface area (Å²) >= 11 is 0. The molecule has 1 aromatic carbocycles. The van der Waals surface area contributed by atoms with Crippen LogP contribution in [0.15, 0.2) is 47.7 Å². The Labute approximate surface area is 268 Å². The van der Waals surface area contributed by atoms with Crippen LogP contribution in [0.1, 0.15) is 67.4 Å². The SMILES string of the molecule is Cc1ccc(NC(=O)c2cc(C(C)(C)C#N)ccn2)cc1C1=Cc2cnc(NC3CN(C(=O)OC(C)(C)C)C3)nc2N2CCN=C12. The van der Waals surface area contributed by atoms with Crippen molar-refractivity contribution in [3.63, 3.8) is 0 Å². The van der Waals surface area contributed by atoms with Crippen LogP contribution in [0.25, 0.3) is 11.6 Å².